The number of carbonyl (C=O) groups excluding carboxylic acids is 2. The first-order valence-corrected chi connectivity index (χ1v) is 12.6. The van der Waals surface area contributed by atoms with E-state index in [2.05, 4.69) is 32.7 Å². The molecule has 0 unspecified atom stereocenters. The van der Waals surface area contributed by atoms with Gasteiger partial charge in [0.25, 0.3) is 5.91 Å². The second-order valence-electron chi connectivity index (χ2n) is 9.55. The Hall–Kier alpha value is -3.72. The van der Waals surface area contributed by atoms with Gasteiger partial charge in [0.1, 0.15) is 11.8 Å². The summed E-state index contributed by atoms with van der Waals surface area (Å²) in [5.74, 6) is -0.208. The minimum atomic E-state index is -0.208. The summed E-state index contributed by atoms with van der Waals surface area (Å²) < 4.78 is 3.52. The van der Waals surface area contributed by atoms with Crippen molar-refractivity contribution in [1.82, 2.24) is 24.9 Å². The number of fused-ring (bicyclic) bond motifs is 2. The molecule has 36 heavy (non-hydrogen) atoms. The first-order chi connectivity index (χ1) is 17.5. The van der Waals surface area contributed by atoms with Gasteiger partial charge in [0.05, 0.1) is 11.1 Å². The number of aryl methyl sites for hydroxylation is 3. The van der Waals surface area contributed by atoms with Gasteiger partial charge < -0.3 is 20.3 Å². The van der Waals surface area contributed by atoms with Crippen LogP contribution in [0.4, 0.5) is 11.4 Å². The Bertz CT molecular complexity index is 1410. The summed E-state index contributed by atoms with van der Waals surface area (Å²) in [6, 6.07) is 8.32. The minimum absolute atomic E-state index is 0.208. The van der Waals surface area contributed by atoms with Crippen LogP contribution in [-0.4, -0.2) is 57.4 Å². The van der Waals surface area contributed by atoms with Crippen molar-refractivity contribution in [3.05, 3.63) is 47.8 Å². The molecular formula is C27H33N7O2. The molecule has 2 N–H and O–H groups in total. The number of hydrogen-bond acceptors (Lipinski definition) is 6. The summed E-state index contributed by atoms with van der Waals surface area (Å²) in [4.78, 5) is 26.8. The molecule has 1 aliphatic rings. The van der Waals surface area contributed by atoms with Crippen LogP contribution in [-0.2, 0) is 25.3 Å². The predicted molar refractivity (Wildman–Crippen MR) is 143 cm³/mol. The van der Waals surface area contributed by atoms with Gasteiger partial charge in [-0.15, -0.1) is 0 Å². The number of carbonyl (C=O) groups is 2. The second kappa shape index (κ2) is 10.1. The number of amides is 1. The van der Waals surface area contributed by atoms with E-state index in [0.717, 1.165) is 66.3 Å². The highest BCUT2D eigenvalue weighted by molar-refractivity contribution is 6.14. The van der Waals surface area contributed by atoms with Gasteiger partial charge in [-0.05, 0) is 55.6 Å². The first-order valence-electron chi connectivity index (χ1n) is 12.6. The summed E-state index contributed by atoms with van der Waals surface area (Å²) in [6.07, 6.45) is 8.00. The lowest BCUT2D eigenvalue weighted by molar-refractivity contribution is -0.107. The van der Waals surface area contributed by atoms with Crippen LogP contribution in [0, 0.1) is 0 Å². The summed E-state index contributed by atoms with van der Waals surface area (Å²) in [6.45, 7) is 5.09. The molecule has 1 saturated heterocycles. The molecule has 2 aromatic carbocycles. The minimum Gasteiger partial charge on any atom is -0.371 e. The van der Waals surface area contributed by atoms with Crippen molar-refractivity contribution in [3.63, 3.8) is 0 Å². The van der Waals surface area contributed by atoms with Crippen LogP contribution in [0.25, 0.3) is 21.8 Å². The van der Waals surface area contributed by atoms with Crippen LogP contribution in [0.2, 0.25) is 0 Å². The van der Waals surface area contributed by atoms with Crippen LogP contribution < -0.4 is 15.5 Å². The van der Waals surface area contributed by atoms with E-state index < -0.39 is 0 Å². The highest BCUT2D eigenvalue weighted by atomic mass is 16.1. The summed E-state index contributed by atoms with van der Waals surface area (Å²) in [5, 5.41) is 17.7. The normalized spacial score (nSPS) is 14.6. The van der Waals surface area contributed by atoms with E-state index in [9.17, 15) is 9.59 Å². The van der Waals surface area contributed by atoms with Crippen molar-refractivity contribution in [2.24, 2.45) is 14.1 Å². The molecule has 0 atom stereocenters. The van der Waals surface area contributed by atoms with E-state index in [4.69, 9.17) is 0 Å². The maximum absolute atomic E-state index is 13.4. The average molecular weight is 488 g/mol. The third-order valence-electron chi connectivity index (χ3n) is 6.93. The van der Waals surface area contributed by atoms with E-state index in [1.807, 2.05) is 50.8 Å². The van der Waals surface area contributed by atoms with Gasteiger partial charge in [0.15, 0.2) is 0 Å². The molecule has 4 aromatic rings. The van der Waals surface area contributed by atoms with Crippen molar-refractivity contribution in [3.8, 4) is 0 Å². The van der Waals surface area contributed by atoms with Gasteiger partial charge in [-0.1, -0.05) is 6.92 Å². The number of nitrogens with one attached hydrogen (secondary N) is 2. The molecule has 188 valence electrons. The van der Waals surface area contributed by atoms with Gasteiger partial charge in [-0.3, -0.25) is 14.2 Å². The number of benzene rings is 2. The zero-order chi connectivity index (χ0) is 25.2. The van der Waals surface area contributed by atoms with E-state index in [1.54, 1.807) is 9.36 Å². The fourth-order valence-electron chi connectivity index (χ4n) is 5.28. The molecule has 3 heterocycles. The Morgan fingerprint density at radius 1 is 1.08 bits per heavy atom. The highest BCUT2D eigenvalue weighted by Crippen LogP contribution is 2.32. The molecule has 1 fully saturated rings. The quantitative estimate of drug-likeness (QED) is 0.370. The standard InChI is InChI=1S/C27H33N7O2/c1-4-28-20-9-11-34(12-10-20)24-8-7-22(26-23(24)17-33(3)31-26)27(36)29-21-14-18(6-5-13-35)25-19(15-21)16-32(2)30-25/h7-8,13-17,20,28H,4-6,9-12H2,1-3H3,(H,29,36). The maximum Gasteiger partial charge on any atom is 0.257 e. The van der Waals surface area contributed by atoms with Crippen LogP contribution in [0.15, 0.2) is 36.7 Å². The zero-order valence-corrected chi connectivity index (χ0v) is 21.1. The molecule has 5 rings (SSSR count). The van der Waals surface area contributed by atoms with Crippen molar-refractivity contribution >= 4 is 45.4 Å². The number of rotatable bonds is 8. The lowest BCUT2D eigenvalue weighted by atomic mass is 10.0. The molecule has 0 bridgehead atoms. The highest BCUT2D eigenvalue weighted by Gasteiger charge is 2.23. The first kappa shape index (κ1) is 24.0. The second-order valence-corrected chi connectivity index (χ2v) is 9.55. The van der Waals surface area contributed by atoms with E-state index in [0.29, 0.717) is 35.7 Å². The molecule has 0 spiro atoms. The fraction of sp³-hybridized carbons (Fsp3) is 0.407. The number of hydrogen-bond donors (Lipinski definition) is 2. The number of nitrogens with zero attached hydrogens (tertiary/aromatic N) is 5. The monoisotopic (exact) mass is 487 g/mol. The van der Waals surface area contributed by atoms with Gasteiger partial charge in [-0.25, -0.2) is 0 Å². The summed E-state index contributed by atoms with van der Waals surface area (Å²) >= 11 is 0. The van der Waals surface area contributed by atoms with Crippen LogP contribution in [0.5, 0.6) is 0 Å². The summed E-state index contributed by atoms with van der Waals surface area (Å²) in [7, 11) is 3.75. The van der Waals surface area contributed by atoms with Crippen LogP contribution in [0.3, 0.4) is 0 Å². The van der Waals surface area contributed by atoms with Crippen molar-refractivity contribution < 1.29 is 9.59 Å². The Morgan fingerprint density at radius 3 is 2.58 bits per heavy atom. The Morgan fingerprint density at radius 2 is 1.83 bits per heavy atom. The smallest absolute Gasteiger partial charge is 0.257 e. The molecule has 0 saturated carbocycles. The number of aromatic nitrogens is 4. The van der Waals surface area contributed by atoms with Crippen molar-refractivity contribution in [1.29, 1.82) is 0 Å². The third-order valence-corrected chi connectivity index (χ3v) is 6.93. The number of anilines is 2. The fourth-order valence-corrected chi connectivity index (χ4v) is 5.28. The molecule has 9 heteroatoms. The van der Waals surface area contributed by atoms with Crippen molar-refractivity contribution in [2.75, 3.05) is 29.9 Å². The zero-order valence-electron chi connectivity index (χ0n) is 21.1. The van der Waals surface area contributed by atoms with Gasteiger partial charge >= 0.3 is 0 Å². The lowest BCUT2D eigenvalue weighted by Gasteiger charge is -2.34. The van der Waals surface area contributed by atoms with E-state index >= 15 is 0 Å². The Kier molecular flexibility index (Phi) is 6.73. The molecule has 9 nitrogen and oxygen atoms in total. The van der Waals surface area contributed by atoms with Gasteiger partial charge in [-0.2, -0.15) is 10.2 Å². The molecule has 2 aromatic heterocycles. The topological polar surface area (TPSA) is 97.1 Å². The molecule has 0 aliphatic carbocycles. The lowest BCUT2D eigenvalue weighted by Crippen LogP contribution is -2.42. The van der Waals surface area contributed by atoms with E-state index in [1.165, 1.54) is 0 Å². The van der Waals surface area contributed by atoms with Crippen molar-refractivity contribution in [2.45, 2.75) is 38.6 Å². The number of piperidine rings is 1. The van der Waals surface area contributed by atoms with Crippen LogP contribution in [0.1, 0.15) is 42.1 Å². The van der Waals surface area contributed by atoms with Gasteiger partial charge in [0, 0.05) is 74.2 Å². The molecule has 1 amide bonds. The molecular weight excluding hydrogens is 454 g/mol. The summed E-state index contributed by atoms with van der Waals surface area (Å²) in [5.41, 5.74) is 4.83. The third kappa shape index (κ3) is 4.70. The largest absolute Gasteiger partial charge is 0.371 e. The number of aldehydes is 1. The van der Waals surface area contributed by atoms with Gasteiger partial charge in [0.2, 0.25) is 0 Å². The molecule has 1 aliphatic heterocycles. The average Bonchev–Trinajstić information content (AvgIpc) is 3.44. The van der Waals surface area contributed by atoms with E-state index in [-0.39, 0.29) is 5.91 Å². The molecule has 0 radical (unpaired) electrons. The Balaban J connectivity index is 1.43. The Labute approximate surface area is 210 Å². The maximum atomic E-state index is 13.4. The SMILES string of the molecule is CCNC1CCN(c2ccc(C(=O)Nc3cc(CCC=O)c4nn(C)cc4c3)c3nn(C)cc23)CC1. The predicted octanol–water partition coefficient (Wildman–Crippen LogP) is 3.42. The van der Waals surface area contributed by atoms with Crippen LogP contribution >= 0.6 is 0 Å².